The van der Waals surface area contributed by atoms with Gasteiger partial charge in [-0.2, -0.15) is 0 Å². The predicted octanol–water partition coefficient (Wildman–Crippen LogP) is 7.50. The summed E-state index contributed by atoms with van der Waals surface area (Å²) >= 11 is 0. The van der Waals surface area contributed by atoms with Crippen LogP contribution in [0, 0.1) is 0 Å². The first-order chi connectivity index (χ1) is 9.59. The fourth-order valence-electron chi connectivity index (χ4n) is 1.51. The van der Waals surface area contributed by atoms with Crippen molar-refractivity contribution in [2.45, 2.75) is 74.7 Å². The smallest absolute Gasteiger partial charge is 0.202 e. The van der Waals surface area contributed by atoms with E-state index >= 15 is 0 Å². The molecule has 0 aromatic rings. The number of allylic oxidation sites excluding steroid dienone is 7. The van der Waals surface area contributed by atoms with Gasteiger partial charge in [-0.3, -0.25) is 0 Å². The third-order valence-electron chi connectivity index (χ3n) is 2.67. The molecule has 0 rings (SSSR count). The lowest BCUT2D eigenvalue weighted by Gasteiger charge is -2.14. The molecule has 0 fully saturated rings. The van der Waals surface area contributed by atoms with E-state index in [1.165, 1.54) is 11.6 Å². The zero-order valence-electron chi connectivity index (χ0n) is 15.4. The minimum absolute atomic E-state index is 0.111. The maximum atomic E-state index is 12.7. The first-order valence-corrected chi connectivity index (χ1v) is 7.60. The van der Waals surface area contributed by atoms with Gasteiger partial charge in [0.2, 0.25) is 0 Å². The molecule has 0 aromatic carbocycles. The van der Waals surface area contributed by atoms with Gasteiger partial charge in [-0.1, -0.05) is 56.7 Å². The Morgan fingerprint density at radius 2 is 1.48 bits per heavy atom. The lowest BCUT2D eigenvalue weighted by Crippen LogP contribution is -2.14. The fourth-order valence-corrected chi connectivity index (χ4v) is 1.51. The minimum Gasteiger partial charge on any atom is -0.202 e. The van der Waals surface area contributed by atoms with Crippen LogP contribution < -0.4 is 0 Å². The van der Waals surface area contributed by atoms with E-state index < -0.39 is 5.92 Å². The molecule has 124 valence electrons. The topological polar surface area (TPSA) is 0 Å². The van der Waals surface area contributed by atoms with Crippen LogP contribution in [0.4, 0.5) is 8.78 Å². The Labute approximate surface area is 131 Å². The maximum Gasteiger partial charge on any atom is 0.270 e. The zero-order chi connectivity index (χ0) is 17.6. The average molecular weight is 300 g/mol. The molecule has 0 aliphatic heterocycles. The molecule has 0 saturated heterocycles. The fraction of sp³-hybridized carbons (Fsp3) is 0.579. The van der Waals surface area contributed by atoms with E-state index in [-0.39, 0.29) is 5.57 Å². The highest BCUT2D eigenvalue weighted by molar-refractivity contribution is 5.33. The Morgan fingerprint density at radius 1 is 1.05 bits per heavy atom. The number of hydrogen-bond acceptors (Lipinski definition) is 0. The standard InChI is InChI=1S/C9H14F2.C8H14.C2H6/c1-5-7(3)8(6-2)9(4,10)11;1-5-8(4)6-7(2)3;1-2/h5-6H,1-4H3;6H,2,5H2,1,3-4H3;1-2H3/b7-5-,8-6+;8-6+;. The number of hydrogen-bond donors (Lipinski definition) is 0. The molecule has 2 heteroatoms. The highest BCUT2D eigenvalue weighted by Crippen LogP contribution is 2.28. The second kappa shape index (κ2) is 13.8. The van der Waals surface area contributed by atoms with Crippen molar-refractivity contribution in [1.29, 1.82) is 0 Å². The predicted molar refractivity (Wildman–Crippen MR) is 94.0 cm³/mol. The van der Waals surface area contributed by atoms with Crippen molar-refractivity contribution < 1.29 is 8.78 Å². The summed E-state index contributed by atoms with van der Waals surface area (Å²) in [6, 6.07) is 0. The van der Waals surface area contributed by atoms with Crippen molar-refractivity contribution in [2.75, 3.05) is 0 Å². The summed E-state index contributed by atoms with van der Waals surface area (Å²) in [7, 11) is 0. The van der Waals surface area contributed by atoms with Crippen molar-refractivity contribution in [1.82, 2.24) is 0 Å². The van der Waals surface area contributed by atoms with Crippen LogP contribution in [-0.4, -0.2) is 5.92 Å². The van der Waals surface area contributed by atoms with Crippen LogP contribution in [0.5, 0.6) is 0 Å². The zero-order valence-corrected chi connectivity index (χ0v) is 15.4. The van der Waals surface area contributed by atoms with Crippen LogP contribution in [0.25, 0.3) is 0 Å². The second-order valence-corrected chi connectivity index (χ2v) is 4.75. The van der Waals surface area contributed by atoms with Crippen molar-refractivity contribution in [3.8, 4) is 0 Å². The second-order valence-electron chi connectivity index (χ2n) is 4.75. The molecule has 0 aliphatic rings. The van der Waals surface area contributed by atoms with E-state index in [1.807, 2.05) is 20.8 Å². The summed E-state index contributed by atoms with van der Waals surface area (Å²) in [4.78, 5) is 0. The number of halogens is 2. The van der Waals surface area contributed by atoms with Crippen molar-refractivity contribution in [3.05, 3.63) is 47.1 Å². The molecule has 0 nitrogen and oxygen atoms in total. The summed E-state index contributed by atoms with van der Waals surface area (Å²) in [5, 5.41) is 0. The van der Waals surface area contributed by atoms with Gasteiger partial charge in [-0.25, -0.2) is 8.78 Å². The monoisotopic (exact) mass is 300 g/mol. The summed E-state index contributed by atoms with van der Waals surface area (Å²) in [5.41, 5.74) is 3.29. The molecule has 0 heterocycles. The molecule has 0 amide bonds. The minimum atomic E-state index is -2.72. The van der Waals surface area contributed by atoms with Crippen LogP contribution in [-0.2, 0) is 0 Å². The molecule has 0 unspecified atom stereocenters. The first-order valence-electron chi connectivity index (χ1n) is 7.60. The lowest BCUT2D eigenvalue weighted by atomic mass is 10.0. The van der Waals surface area contributed by atoms with E-state index in [2.05, 4.69) is 26.5 Å². The van der Waals surface area contributed by atoms with Crippen LogP contribution in [0.2, 0.25) is 0 Å². The Kier molecular flexibility index (Phi) is 16.3. The highest BCUT2D eigenvalue weighted by Gasteiger charge is 2.27. The van der Waals surface area contributed by atoms with Crippen molar-refractivity contribution >= 4 is 0 Å². The Bertz CT molecular complexity index is 364. The van der Waals surface area contributed by atoms with Gasteiger partial charge in [-0.05, 0) is 46.6 Å². The molecule has 21 heavy (non-hydrogen) atoms. The van der Waals surface area contributed by atoms with Crippen molar-refractivity contribution in [3.63, 3.8) is 0 Å². The largest absolute Gasteiger partial charge is 0.270 e. The Morgan fingerprint density at radius 3 is 1.57 bits per heavy atom. The number of alkyl halides is 2. The van der Waals surface area contributed by atoms with Gasteiger partial charge in [0.25, 0.3) is 5.92 Å². The van der Waals surface area contributed by atoms with E-state index in [1.54, 1.807) is 26.8 Å². The molecule has 0 spiro atoms. The van der Waals surface area contributed by atoms with Gasteiger partial charge in [0.1, 0.15) is 0 Å². The molecule has 0 saturated carbocycles. The van der Waals surface area contributed by atoms with E-state index in [0.717, 1.165) is 18.9 Å². The molecule has 0 radical (unpaired) electrons. The number of rotatable bonds is 4. The summed E-state index contributed by atoms with van der Waals surface area (Å²) < 4.78 is 25.4. The third kappa shape index (κ3) is 15.0. The lowest BCUT2D eigenvalue weighted by molar-refractivity contribution is 0.0658. The average Bonchev–Trinajstić information content (AvgIpc) is 2.39. The molecule has 0 N–H and O–H groups in total. The van der Waals surface area contributed by atoms with Gasteiger partial charge < -0.3 is 0 Å². The quantitative estimate of drug-likeness (QED) is 0.471. The van der Waals surface area contributed by atoms with E-state index in [9.17, 15) is 8.78 Å². The van der Waals surface area contributed by atoms with Gasteiger partial charge >= 0.3 is 0 Å². The van der Waals surface area contributed by atoms with Gasteiger partial charge in [0.05, 0.1) is 0 Å². The summed E-state index contributed by atoms with van der Waals surface area (Å²) in [6.45, 7) is 20.0. The molecule has 0 aromatic heterocycles. The maximum absolute atomic E-state index is 12.7. The molecule has 0 aliphatic carbocycles. The molecule has 0 atom stereocenters. The van der Waals surface area contributed by atoms with Crippen LogP contribution in [0.15, 0.2) is 47.1 Å². The highest BCUT2D eigenvalue weighted by atomic mass is 19.3. The van der Waals surface area contributed by atoms with Crippen LogP contribution >= 0.6 is 0 Å². The molecule has 0 bridgehead atoms. The van der Waals surface area contributed by atoms with Crippen LogP contribution in [0.3, 0.4) is 0 Å². The normalized spacial score (nSPS) is 12.8. The van der Waals surface area contributed by atoms with Crippen LogP contribution in [0.1, 0.15) is 68.7 Å². The Hall–Kier alpha value is -1.18. The Balaban J connectivity index is -0.000000286. The summed E-state index contributed by atoms with van der Waals surface area (Å²) in [6.07, 6.45) is 6.38. The van der Waals surface area contributed by atoms with Gasteiger partial charge in [0.15, 0.2) is 0 Å². The van der Waals surface area contributed by atoms with E-state index in [0.29, 0.717) is 5.57 Å². The van der Waals surface area contributed by atoms with Gasteiger partial charge in [0, 0.05) is 12.5 Å². The van der Waals surface area contributed by atoms with Gasteiger partial charge in [-0.15, -0.1) is 0 Å². The molecular weight excluding hydrogens is 266 g/mol. The third-order valence-corrected chi connectivity index (χ3v) is 2.67. The summed E-state index contributed by atoms with van der Waals surface area (Å²) in [5.74, 6) is -2.72. The first kappa shape index (κ1) is 24.8. The molecular formula is C19H34F2. The SMILES string of the molecule is C/C=C(C)\C(=C/C)C(C)(F)F.C=C(C)/C=C(\C)CC.CC. The van der Waals surface area contributed by atoms with Crippen molar-refractivity contribution in [2.24, 2.45) is 0 Å². The van der Waals surface area contributed by atoms with E-state index in [4.69, 9.17) is 0 Å².